The molecule has 3 aliphatic rings. The predicted octanol–water partition coefficient (Wildman–Crippen LogP) is -3.60. The van der Waals surface area contributed by atoms with E-state index in [9.17, 15) is 69.0 Å². The minimum atomic E-state index is -1.63. The lowest BCUT2D eigenvalue weighted by molar-refractivity contribution is -0.146. The summed E-state index contributed by atoms with van der Waals surface area (Å²) in [6.07, 6.45) is -0.215. The maximum absolute atomic E-state index is 14.7. The van der Waals surface area contributed by atoms with Gasteiger partial charge in [0.1, 0.15) is 53.8 Å². The average Bonchev–Trinajstić information content (AvgIpc) is 4.11. The number of amides is 7. The number of nitrogens with one attached hydrogen (secondary N) is 4. The third-order valence-electron chi connectivity index (χ3n) is 13.2. The zero-order valence-corrected chi connectivity index (χ0v) is 40.1. The van der Waals surface area contributed by atoms with Crippen LogP contribution in [-0.2, 0) is 51.2 Å². The lowest BCUT2D eigenvalue weighted by Crippen LogP contribution is -2.60. The fourth-order valence-electron chi connectivity index (χ4n) is 9.32. The molecule has 2 aromatic carbocycles. The first-order valence-corrected chi connectivity index (χ1v) is 24.4. The standard InChI is InChI=1S/C48H70N10O14/c49-17-3-1-6-33(51)45(68)56-19-5-8-38(56)42(65)55-37(26-59)41(64)53-35(20-27-9-13-29(60)14-10-27)46(69)58-25-32(63)23-40(58)44(67)54-36(21-28-11-15-30(61)16-12-28)47(70)57-24-31(62)22-39(57)43(66)52-34(48(71)72)7-2-4-18-50/h9-16,31-40,59-63H,1-8,17-26,49-51H2,(H,52,66)(H,53,64)(H,54,67)(H,55,65)(H,71,72)/t31-,32-,33+,34+,35+,36+,37+,38+,39+,40+/m1/s1. The summed E-state index contributed by atoms with van der Waals surface area (Å²) < 4.78 is 0. The molecule has 0 spiro atoms. The van der Waals surface area contributed by atoms with Gasteiger partial charge in [0.25, 0.3) is 0 Å². The molecule has 3 aliphatic heterocycles. The van der Waals surface area contributed by atoms with E-state index in [4.69, 9.17) is 17.2 Å². The Morgan fingerprint density at radius 2 is 1.03 bits per heavy atom. The van der Waals surface area contributed by atoms with Crippen LogP contribution in [0.15, 0.2) is 48.5 Å². The van der Waals surface area contributed by atoms with E-state index in [0.29, 0.717) is 62.7 Å². The molecule has 0 bridgehead atoms. The zero-order valence-electron chi connectivity index (χ0n) is 40.1. The first kappa shape index (κ1) is 56.5. The number of phenols is 2. The minimum absolute atomic E-state index is 0.0523. The SMILES string of the molecule is NCCCC[C@H](NC(=O)[C@@H]1C[C@@H](O)CN1C(=O)[C@H](Cc1ccc(O)cc1)NC(=O)[C@@H]1C[C@@H](O)CN1C(=O)[C@H](Cc1ccc(O)cc1)NC(=O)[C@H](CO)NC(=O)[C@@H]1CCCN1C(=O)[C@@H](N)CCCCN)C(=O)O. The highest BCUT2D eigenvalue weighted by atomic mass is 16.4. The van der Waals surface area contributed by atoms with Crippen molar-refractivity contribution in [3.8, 4) is 11.5 Å². The van der Waals surface area contributed by atoms with E-state index >= 15 is 0 Å². The molecule has 0 aromatic heterocycles. The number of hydrogen-bond donors (Lipinski definition) is 13. The van der Waals surface area contributed by atoms with Crippen LogP contribution >= 0.6 is 0 Å². The molecule has 3 heterocycles. The molecule has 24 heteroatoms. The normalized spacial score (nSPS) is 21.8. The Labute approximate surface area is 416 Å². The van der Waals surface area contributed by atoms with Gasteiger partial charge in [-0.05, 0) is 93.4 Å². The van der Waals surface area contributed by atoms with Crippen molar-refractivity contribution in [1.29, 1.82) is 0 Å². The van der Waals surface area contributed by atoms with Crippen molar-refractivity contribution in [3.05, 3.63) is 59.7 Å². The fraction of sp³-hybridized carbons (Fsp3) is 0.583. The monoisotopic (exact) mass is 1010 g/mol. The van der Waals surface area contributed by atoms with Gasteiger partial charge in [-0.2, -0.15) is 0 Å². The number of hydrogen-bond acceptors (Lipinski definition) is 16. The van der Waals surface area contributed by atoms with E-state index in [1.807, 2.05) is 0 Å². The van der Waals surface area contributed by atoms with Crippen LogP contribution in [-0.4, -0.2) is 193 Å². The van der Waals surface area contributed by atoms with Gasteiger partial charge in [-0.15, -0.1) is 0 Å². The summed E-state index contributed by atoms with van der Waals surface area (Å²) in [5.41, 5.74) is 18.1. The summed E-state index contributed by atoms with van der Waals surface area (Å²) in [5.74, 6) is -7.19. The summed E-state index contributed by atoms with van der Waals surface area (Å²) in [7, 11) is 0. The van der Waals surface area contributed by atoms with Gasteiger partial charge in [0.05, 0.1) is 24.9 Å². The van der Waals surface area contributed by atoms with Gasteiger partial charge in [0.15, 0.2) is 0 Å². The summed E-state index contributed by atoms with van der Waals surface area (Å²) in [4.78, 5) is 114. The molecule has 7 amide bonds. The van der Waals surface area contributed by atoms with Crippen molar-refractivity contribution in [2.24, 2.45) is 17.2 Å². The lowest BCUT2D eigenvalue weighted by atomic mass is 10.0. The molecule has 0 radical (unpaired) electrons. The predicted molar refractivity (Wildman–Crippen MR) is 257 cm³/mol. The average molecular weight is 1010 g/mol. The Bertz CT molecular complexity index is 2200. The number of carbonyl (C=O) groups is 8. The van der Waals surface area contributed by atoms with Gasteiger partial charge in [-0.3, -0.25) is 33.6 Å². The lowest BCUT2D eigenvalue weighted by Gasteiger charge is -2.32. The third-order valence-corrected chi connectivity index (χ3v) is 13.2. The first-order chi connectivity index (χ1) is 34.3. The van der Waals surface area contributed by atoms with E-state index in [-0.39, 0.29) is 63.1 Å². The van der Waals surface area contributed by atoms with Crippen LogP contribution in [0, 0.1) is 0 Å². The number of β-amino-alcohol motifs (C(OH)–C–C–N with tert-alkyl or cyclic N) is 2. The fourth-order valence-corrected chi connectivity index (χ4v) is 9.32. The topological polar surface area (TPSA) is 394 Å². The molecule has 0 saturated carbocycles. The van der Waals surface area contributed by atoms with Crippen molar-refractivity contribution in [1.82, 2.24) is 36.0 Å². The number of nitrogens with zero attached hydrogens (tertiary/aromatic N) is 3. The molecule has 24 nitrogen and oxygen atoms in total. The molecule has 0 unspecified atom stereocenters. The van der Waals surface area contributed by atoms with Gasteiger partial charge in [0, 0.05) is 45.3 Å². The Balaban J connectivity index is 1.37. The smallest absolute Gasteiger partial charge is 0.326 e. The molecular formula is C48H70N10O14. The maximum Gasteiger partial charge on any atom is 0.326 e. The van der Waals surface area contributed by atoms with Crippen molar-refractivity contribution in [2.75, 3.05) is 39.3 Å². The van der Waals surface area contributed by atoms with Crippen LogP contribution in [0.1, 0.15) is 75.3 Å². The quantitative estimate of drug-likeness (QED) is 0.0427. The molecule has 2 aromatic rings. The molecule has 3 fully saturated rings. The van der Waals surface area contributed by atoms with Crippen LogP contribution in [0.3, 0.4) is 0 Å². The second-order valence-corrected chi connectivity index (χ2v) is 18.7. The molecular weight excluding hydrogens is 941 g/mol. The molecule has 5 rings (SSSR count). The molecule has 10 atom stereocenters. The van der Waals surface area contributed by atoms with Crippen molar-refractivity contribution in [2.45, 2.75) is 138 Å². The van der Waals surface area contributed by atoms with Gasteiger partial charge in [-0.1, -0.05) is 30.7 Å². The summed E-state index contributed by atoms with van der Waals surface area (Å²) in [6.45, 7) is -0.715. The van der Waals surface area contributed by atoms with Crippen LogP contribution in [0.5, 0.6) is 11.5 Å². The Morgan fingerprint density at radius 1 is 0.583 bits per heavy atom. The van der Waals surface area contributed by atoms with E-state index < -0.39 is 121 Å². The zero-order chi connectivity index (χ0) is 52.6. The van der Waals surface area contributed by atoms with E-state index in [1.54, 1.807) is 0 Å². The van der Waals surface area contributed by atoms with E-state index in [1.165, 1.54) is 53.4 Å². The molecule has 3 saturated heterocycles. The van der Waals surface area contributed by atoms with Crippen LogP contribution in [0.25, 0.3) is 0 Å². The number of carboxylic acids is 1. The number of carbonyl (C=O) groups excluding carboxylic acids is 7. The van der Waals surface area contributed by atoms with Gasteiger partial charge < -0.3 is 83.8 Å². The largest absolute Gasteiger partial charge is 0.508 e. The molecule has 0 aliphatic carbocycles. The maximum atomic E-state index is 14.7. The van der Waals surface area contributed by atoms with Crippen molar-refractivity contribution < 1.29 is 69.0 Å². The Kier molecular flexibility index (Phi) is 21.1. The van der Waals surface area contributed by atoms with Crippen LogP contribution in [0.2, 0.25) is 0 Å². The number of aliphatic carboxylic acids is 1. The number of benzene rings is 2. The second-order valence-electron chi connectivity index (χ2n) is 18.7. The van der Waals surface area contributed by atoms with E-state index in [0.717, 1.165) is 9.80 Å². The van der Waals surface area contributed by atoms with Gasteiger partial charge in [-0.25, -0.2) is 4.79 Å². The number of carboxylic acid groups (broad SMARTS) is 1. The highest BCUT2D eigenvalue weighted by Gasteiger charge is 2.46. The third kappa shape index (κ3) is 15.3. The number of aromatic hydroxyl groups is 2. The first-order valence-electron chi connectivity index (χ1n) is 24.4. The number of rotatable bonds is 25. The van der Waals surface area contributed by atoms with Crippen LogP contribution in [0.4, 0.5) is 0 Å². The van der Waals surface area contributed by atoms with Gasteiger partial charge >= 0.3 is 5.97 Å². The van der Waals surface area contributed by atoms with Crippen molar-refractivity contribution >= 4 is 47.3 Å². The highest BCUT2D eigenvalue weighted by Crippen LogP contribution is 2.25. The minimum Gasteiger partial charge on any atom is -0.508 e. The van der Waals surface area contributed by atoms with E-state index in [2.05, 4.69) is 21.3 Å². The van der Waals surface area contributed by atoms with Crippen LogP contribution < -0.4 is 38.5 Å². The summed E-state index contributed by atoms with van der Waals surface area (Å²) in [5, 5.41) is 72.0. The summed E-state index contributed by atoms with van der Waals surface area (Å²) >= 11 is 0. The highest BCUT2D eigenvalue weighted by molar-refractivity contribution is 5.98. The molecule has 16 N–H and O–H groups in total. The Hall–Kier alpha value is -6.44. The Morgan fingerprint density at radius 3 is 1.50 bits per heavy atom. The number of phenolic OH excluding ortho intramolecular Hbond substituents is 2. The van der Waals surface area contributed by atoms with Gasteiger partial charge in [0.2, 0.25) is 41.4 Å². The number of likely N-dealkylation sites (tertiary alicyclic amines) is 3. The number of nitrogens with two attached hydrogens (primary N) is 3. The number of aliphatic hydroxyl groups excluding tert-OH is 3. The van der Waals surface area contributed by atoms with Crippen molar-refractivity contribution in [3.63, 3.8) is 0 Å². The number of unbranched alkanes of at least 4 members (excludes halogenated alkanes) is 2. The molecule has 396 valence electrons. The summed E-state index contributed by atoms with van der Waals surface area (Å²) in [6, 6.07) is 0.688. The number of aliphatic hydroxyl groups is 3. The second kappa shape index (κ2) is 26.8. The molecule has 72 heavy (non-hydrogen) atoms.